The Balaban J connectivity index is 1.30. The molecule has 0 aliphatic carbocycles. The molecule has 3 aliphatic heterocycles. The van der Waals surface area contributed by atoms with E-state index < -0.39 is 5.97 Å². The Labute approximate surface area is 162 Å². The van der Waals surface area contributed by atoms with Crippen LogP contribution in [0.3, 0.4) is 0 Å². The van der Waals surface area contributed by atoms with Crippen molar-refractivity contribution in [2.24, 2.45) is 11.3 Å². The van der Waals surface area contributed by atoms with Crippen LogP contribution in [0.4, 0.5) is 0 Å². The lowest BCUT2D eigenvalue weighted by Gasteiger charge is -2.39. The zero-order chi connectivity index (χ0) is 18.7. The van der Waals surface area contributed by atoms with Crippen LogP contribution >= 0.6 is 0 Å². The van der Waals surface area contributed by atoms with E-state index in [1.54, 1.807) is 0 Å². The van der Waals surface area contributed by atoms with Crippen LogP contribution in [0.15, 0.2) is 30.3 Å². The summed E-state index contributed by atoms with van der Waals surface area (Å²) < 4.78 is 5.52. The number of aliphatic carboxylic acids is 1. The number of carboxylic acids is 1. The fourth-order valence-electron chi connectivity index (χ4n) is 5.35. The predicted octanol–water partition coefficient (Wildman–Crippen LogP) is 2.51. The highest BCUT2D eigenvalue weighted by molar-refractivity contribution is 5.72. The Morgan fingerprint density at radius 1 is 1.15 bits per heavy atom. The van der Waals surface area contributed by atoms with Crippen molar-refractivity contribution >= 4 is 5.97 Å². The molecule has 148 valence electrons. The zero-order valence-corrected chi connectivity index (χ0v) is 16.2. The molecular weight excluding hydrogens is 340 g/mol. The van der Waals surface area contributed by atoms with Crippen molar-refractivity contribution in [1.29, 1.82) is 0 Å². The normalized spacial score (nSPS) is 27.2. The fourth-order valence-corrected chi connectivity index (χ4v) is 5.35. The molecule has 27 heavy (non-hydrogen) atoms. The number of rotatable bonds is 5. The van der Waals surface area contributed by atoms with E-state index in [2.05, 4.69) is 40.1 Å². The van der Waals surface area contributed by atoms with Gasteiger partial charge in [-0.15, -0.1) is 0 Å². The van der Waals surface area contributed by atoms with Gasteiger partial charge in [-0.05, 0) is 50.8 Å². The maximum Gasteiger partial charge on any atom is 0.308 e. The summed E-state index contributed by atoms with van der Waals surface area (Å²) in [7, 11) is 0. The van der Waals surface area contributed by atoms with Gasteiger partial charge in [-0.3, -0.25) is 9.69 Å². The second kappa shape index (κ2) is 8.29. The average Bonchev–Trinajstić information content (AvgIpc) is 3.07. The molecule has 4 rings (SSSR count). The average molecular weight is 373 g/mol. The Hall–Kier alpha value is -1.43. The van der Waals surface area contributed by atoms with Crippen LogP contribution in [0, 0.1) is 11.3 Å². The maximum absolute atomic E-state index is 11.9. The van der Waals surface area contributed by atoms with E-state index >= 15 is 0 Å². The molecule has 1 atom stereocenters. The number of carboxylic acid groups (broad SMARTS) is 1. The molecule has 3 fully saturated rings. The van der Waals surface area contributed by atoms with Gasteiger partial charge in [0.25, 0.3) is 0 Å². The van der Waals surface area contributed by atoms with Gasteiger partial charge in [0.1, 0.15) is 0 Å². The Kier molecular flexibility index (Phi) is 5.81. The fraction of sp³-hybridized carbons (Fsp3) is 0.682. The highest BCUT2D eigenvalue weighted by Gasteiger charge is 2.52. The largest absolute Gasteiger partial charge is 0.481 e. The molecule has 0 radical (unpaired) electrons. The first-order valence-corrected chi connectivity index (χ1v) is 10.5. The van der Waals surface area contributed by atoms with Crippen molar-refractivity contribution in [2.45, 2.75) is 38.1 Å². The third kappa shape index (κ3) is 4.20. The minimum absolute atomic E-state index is 0.0610. The second-order valence-electron chi connectivity index (χ2n) is 8.60. The quantitative estimate of drug-likeness (QED) is 0.861. The number of benzene rings is 1. The smallest absolute Gasteiger partial charge is 0.308 e. The molecular formula is C22H32N2O3. The molecule has 3 heterocycles. The topological polar surface area (TPSA) is 53.0 Å². The number of piperidine rings is 1. The van der Waals surface area contributed by atoms with E-state index in [1.165, 1.54) is 5.56 Å². The lowest BCUT2D eigenvalue weighted by atomic mass is 9.72. The molecule has 1 spiro atoms. The van der Waals surface area contributed by atoms with Crippen molar-refractivity contribution in [2.75, 3.05) is 45.9 Å². The van der Waals surface area contributed by atoms with Crippen molar-refractivity contribution < 1.29 is 14.6 Å². The SMILES string of the molecule is O=C(O)C1CN(C2CCN(CCc3ccccc3)CC2)CC12CCOCC2. The molecule has 0 saturated carbocycles. The lowest BCUT2D eigenvalue weighted by molar-refractivity contribution is -0.147. The molecule has 0 bridgehead atoms. The number of hydrogen-bond donors (Lipinski definition) is 1. The zero-order valence-electron chi connectivity index (χ0n) is 16.2. The van der Waals surface area contributed by atoms with Gasteiger partial charge in [-0.2, -0.15) is 0 Å². The number of hydrogen-bond acceptors (Lipinski definition) is 4. The van der Waals surface area contributed by atoms with Crippen LogP contribution in [0.25, 0.3) is 0 Å². The molecule has 1 unspecified atom stereocenters. The van der Waals surface area contributed by atoms with Gasteiger partial charge >= 0.3 is 5.97 Å². The van der Waals surface area contributed by atoms with Gasteiger partial charge in [0.15, 0.2) is 0 Å². The van der Waals surface area contributed by atoms with Gasteiger partial charge in [-0.1, -0.05) is 30.3 Å². The van der Waals surface area contributed by atoms with Gasteiger partial charge in [0.2, 0.25) is 0 Å². The molecule has 5 heteroatoms. The summed E-state index contributed by atoms with van der Waals surface area (Å²) in [6.45, 7) is 6.48. The van der Waals surface area contributed by atoms with Gasteiger partial charge in [0.05, 0.1) is 5.92 Å². The molecule has 3 aliphatic rings. The molecule has 3 saturated heterocycles. The van der Waals surface area contributed by atoms with Gasteiger partial charge < -0.3 is 14.7 Å². The first kappa shape index (κ1) is 18.9. The van der Waals surface area contributed by atoms with E-state index in [4.69, 9.17) is 4.74 Å². The van der Waals surface area contributed by atoms with Crippen LogP contribution in [0.1, 0.15) is 31.2 Å². The van der Waals surface area contributed by atoms with E-state index in [-0.39, 0.29) is 11.3 Å². The first-order chi connectivity index (χ1) is 13.2. The summed E-state index contributed by atoms with van der Waals surface area (Å²) in [4.78, 5) is 17.0. The highest BCUT2D eigenvalue weighted by atomic mass is 16.5. The minimum atomic E-state index is -0.611. The van der Waals surface area contributed by atoms with Gasteiger partial charge in [-0.25, -0.2) is 0 Å². The lowest BCUT2D eigenvalue weighted by Crippen LogP contribution is -2.45. The summed E-state index contributed by atoms with van der Waals surface area (Å²) in [5.41, 5.74) is 1.35. The van der Waals surface area contributed by atoms with Crippen LogP contribution in [0.5, 0.6) is 0 Å². The number of likely N-dealkylation sites (tertiary alicyclic amines) is 2. The number of carbonyl (C=O) groups is 1. The van der Waals surface area contributed by atoms with Gasteiger partial charge in [0, 0.05) is 44.3 Å². The Morgan fingerprint density at radius 2 is 1.85 bits per heavy atom. The summed E-state index contributed by atoms with van der Waals surface area (Å²) in [6.07, 6.45) is 5.23. The van der Waals surface area contributed by atoms with Crippen LogP contribution in [-0.4, -0.2) is 72.9 Å². The van der Waals surface area contributed by atoms with E-state index in [1.807, 2.05) is 0 Å². The summed E-state index contributed by atoms with van der Waals surface area (Å²) in [5.74, 6) is -0.836. The molecule has 5 nitrogen and oxygen atoms in total. The van der Waals surface area contributed by atoms with Crippen LogP contribution in [-0.2, 0) is 16.0 Å². The highest BCUT2D eigenvalue weighted by Crippen LogP contribution is 2.45. The molecule has 1 aromatic rings. The van der Waals surface area contributed by atoms with E-state index in [0.29, 0.717) is 6.04 Å². The summed E-state index contributed by atoms with van der Waals surface area (Å²) >= 11 is 0. The van der Waals surface area contributed by atoms with Crippen molar-refractivity contribution in [3.05, 3.63) is 35.9 Å². The Bertz CT molecular complexity index is 622. The standard InChI is InChI=1S/C22H32N2O3/c25-21(26)20-16-24(17-22(20)9-14-27-15-10-22)19-7-12-23(13-8-19)11-6-18-4-2-1-3-5-18/h1-5,19-20H,6-17H2,(H,25,26). The first-order valence-electron chi connectivity index (χ1n) is 10.5. The molecule has 1 N–H and O–H groups in total. The molecule has 0 aromatic heterocycles. The maximum atomic E-state index is 11.9. The number of nitrogens with zero attached hydrogens (tertiary/aromatic N) is 2. The summed E-state index contributed by atoms with van der Waals surface area (Å²) in [5, 5.41) is 9.79. The van der Waals surface area contributed by atoms with Crippen LogP contribution < -0.4 is 0 Å². The van der Waals surface area contributed by atoms with Crippen molar-refractivity contribution in [1.82, 2.24) is 9.80 Å². The van der Waals surface area contributed by atoms with Crippen molar-refractivity contribution in [3.63, 3.8) is 0 Å². The summed E-state index contributed by atoms with van der Waals surface area (Å²) in [6, 6.07) is 11.2. The molecule has 0 amide bonds. The molecule has 1 aromatic carbocycles. The minimum Gasteiger partial charge on any atom is -0.481 e. The van der Waals surface area contributed by atoms with E-state index in [9.17, 15) is 9.90 Å². The second-order valence-corrected chi connectivity index (χ2v) is 8.60. The predicted molar refractivity (Wildman–Crippen MR) is 105 cm³/mol. The third-order valence-electron chi connectivity index (χ3n) is 7.09. The number of ether oxygens (including phenoxy) is 1. The van der Waals surface area contributed by atoms with Crippen LogP contribution in [0.2, 0.25) is 0 Å². The third-order valence-corrected chi connectivity index (χ3v) is 7.09. The van der Waals surface area contributed by atoms with Crippen molar-refractivity contribution in [3.8, 4) is 0 Å². The van der Waals surface area contributed by atoms with E-state index in [0.717, 1.165) is 78.0 Å². The monoisotopic (exact) mass is 372 g/mol. The Morgan fingerprint density at radius 3 is 2.52 bits per heavy atom.